The van der Waals surface area contributed by atoms with Gasteiger partial charge in [0.05, 0.1) is 11.2 Å². The van der Waals surface area contributed by atoms with Crippen molar-refractivity contribution in [3.63, 3.8) is 0 Å². The second-order valence-corrected chi connectivity index (χ2v) is 8.84. The van der Waals surface area contributed by atoms with Crippen molar-refractivity contribution in [1.82, 2.24) is 19.6 Å². The Bertz CT molecular complexity index is 1030. The first-order chi connectivity index (χ1) is 14.4. The van der Waals surface area contributed by atoms with E-state index in [9.17, 15) is 13.2 Å². The molecule has 0 unspecified atom stereocenters. The molecule has 0 aliphatic rings. The SMILES string of the molecule is Cc1ccc(S(=O)(=O)N[C@H](Cc2ccccc2)C(=O)NCCCn2ccnc2)cc1. The summed E-state index contributed by atoms with van der Waals surface area (Å²) in [6.07, 6.45) is 6.25. The molecule has 0 aliphatic heterocycles. The van der Waals surface area contributed by atoms with Gasteiger partial charge >= 0.3 is 0 Å². The van der Waals surface area contributed by atoms with E-state index in [-0.39, 0.29) is 17.2 Å². The zero-order valence-electron chi connectivity index (χ0n) is 16.9. The lowest BCUT2D eigenvalue weighted by molar-refractivity contribution is -0.122. The number of benzene rings is 2. The van der Waals surface area contributed by atoms with E-state index in [0.717, 1.165) is 17.7 Å². The third kappa shape index (κ3) is 6.27. The Balaban J connectivity index is 1.67. The maximum Gasteiger partial charge on any atom is 0.241 e. The van der Waals surface area contributed by atoms with Crippen molar-refractivity contribution in [3.05, 3.63) is 84.4 Å². The molecule has 0 spiro atoms. The summed E-state index contributed by atoms with van der Waals surface area (Å²) in [5.74, 6) is -0.347. The summed E-state index contributed by atoms with van der Waals surface area (Å²) in [7, 11) is -3.83. The largest absolute Gasteiger partial charge is 0.355 e. The van der Waals surface area contributed by atoms with Gasteiger partial charge in [0.25, 0.3) is 0 Å². The Morgan fingerprint density at radius 3 is 2.50 bits per heavy atom. The number of carbonyl (C=O) groups is 1. The van der Waals surface area contributed by atoms with Crippen LogP contribution < -0.4 is 10.0 Å². The highest BCUT2D eigenvalue weighted by Crippen LogP contribution is 2.12. The molecule has 0 bridgehead atoms. The first-order valence-electron chi connectivity index (χ1n) is 9.80. The molecular weight excluding hydrogens is 400 g/mol. The summed E-state index contributed by atoms with van der Waals surface area (Å²) in [4.78, 5) is 16.9. The molecule has 2 N–H and O–H groups in total. The Morgan fingerprint density at radius 2 is 1.83 bits per heavy atom. The van der Waals surface area contributed by atoms with Gasteiger partial charge in [0.2, 0.25) is 15.9 Å². The summed E-state index contributed by atoms with van der Waals surface area (Å²) < 4.78 is 30.2. The standard InChI is InChI=1S/C22H26N4O3S/c1-18-8-10-20(11-9-18)30(28,29)25-21(16-19-6-3-2-4-7-19)22(27)24-12-5-14-26-15-13-23-17-26/h2-4,6-11,13,15,17,21,25H,5,12,14,16H2,1H3,(H,24,27)/t21-/m1/s1. The summed E-state index contributed by atoms with van der Waals surface area (Å²) in [6, 6.07) is 15.0. The number of nitrogens with one attached hydrogen (secondary N) is 2. The van der Waals surface area contributed by atoms with Crippen LogP contribution in [0.25, 0.3) is 0 Å². The first-order valence-corrected chi connectivity index (χ1v) is 11.3. The van der Waals surface area contributed by atoms with Crippen LogP contribution in [-0.4, -0.2) is 36.5 Å². The number of amides is 1. The quantitative estimate of drug-likeness (QED) is 0.487. The van der Waals surface area contributed by atoms with E-state index >= 15 is 0 Å². The zero-order valence-corrected chi connectivity index (χ0v) is 17.7. The minimum atomic E-state index is -3.83. The van der Waals surface area contributed by atoms with Gasteiger partial charge in [-0.15, -0.1) is 0 Å². The van der Waals surface area contributed by atoms with Crippen LogP contribution >= 0.6 is 0 Å². The van der Waals surface area contributed by atoms with Crippen molar-refractivity contribution in [2.24, 2.45) is 0 Å². The lowest BCUT2D eigenvalue weighted by Crippen LogP contribution is -2.48. The van der Waals surface area contributed by atoms with Crippen molar-refractivity contribution in [3.8, 4) is 0 Å². The number of aromatic nitrogens is 2. The smallest absolute Gasteiger partial charge is 0.241 e. The molecule has 1 heterocycles. The average molecular weight is 427 g/mol. The van der Waals surface area contributed by atoms with Crippen LogP contribution in [0, 0.1) is 6.92 Å². The number of hydrogen-bond donors (Lipinski definition) is 2. The summed E-state index contributed by atoms with van der Waals surface area (Å²) >= 11 is 0. The highest BCUT2D eigenvalue weighted by Gasteiger charge is 2.25. The molecule has 0 saturated heterocycles. The molecule has 1 aromatic heterocycles. The van der Waals surface area contributed by atoms with Gasteiger partial charge in [-0.2, -0.15) is 4.72 Å². The topological polar surface area (TPSA) is 93.1 Å². The number of aryl methyl sites for hydroxylation is 2. The van der Waals surface area contributed by atoms with Gasteiger partial charge in [-0.1, -0.05) is 48.0 Å². The van der Waals surface area contributed by atoms with Crippen LogP contribution in [0.5, 0.6) is 0 Å². The maximum atomic E-state index is 12.8. The van der Waals surface area contributed by atoms with E-state index in [0.29, 0.717) is 13.0 Å². The van der Waals surface area contributed by atoms with Crippen LogP contribution in [0.2, 0.25) is 0 Å². The molecule has 2 aromatic carbocycles. The fourth-order valence-electron chi connectivity index (χ4n) is 3.03. The van der Waals surface area contributed by atoms with Gasteiger partial charge in [-0.25, -0.2) is 13.4 Å². The van der Waals surface area contributed by atoms with Crippen molar-refractivity contribution in [2.45, 2.75) is 37.2 Å². The highest BCUT2D eigenvalue weighted by molar-refractivity contribution is 7.89. The summed E-state index contributed by atoms with van der Waals surface area (Å²) in [5, 5.41) is 2.85. The lowest BCUT2D eigenvalue weighted by Gasteiger charge is -2.19. The minimum Gasteiger partial charge on any atom is -0.355 e. The van der Waals surface area contributed by atoms with Gasteiger partial charge in [-0.3, -0.25) is 4.79 Å². The number of carbonyl (C=O) groups excluding carboxylic acids is 1. The van der Waals surface area contributed by atoms with Gasteiger partial charge in [-0.05, 0) is 37.5 Å². The number of imidazole rings is 1. The van der Waals surface area contributed by atoms with Gasteiger partial charge < -0.3 is 9.88 Å². The molecule has 0 aliphatic carbocycles. The molecule has 7 nitrogen and oxygen atoms in total. The summed E-state index contributed by atoms with van der Waals surface area (Å²) in [6.45, 7) is 3.05. The molecule has 8 heteroatoms. The third-order valence-electron chi connectivity index (χ3n) is 4.68. The van der Waals surface area contributed by atoms with Crippen LogP contribution in [0.3, 0.4) is 0 Å². The lowest BCUT2D eigenvalue weighted by atomic mass is 10.1. The second kappa shape index (κ2) is 10.2. The Hall–Kier alpha value is -2.97. The number of rotatable bonds is 10. The van der Waals surface area contributed by atoms with E-state index in [1.165, 1.54) is 0 Å². The van der Waals surface area contributed by atoms with E-state index in [1.54, 1.807) is 36.8 Å². The minimum absolute atomic E-state index is 0.138. The molecule has 0 saturated carbocycles. The molecule has 0 radical (unpaired) electrons. The summed E-state index contributed by atoms with van der Waals surface area (Å²) in [5.41, 5.74) is 1.84. The van der Waals surface area contributed by atoms with Gasteiger partial charge in [0.1, 0.15) is 6.04 Å². The maximum absolute atomic E-state index is 12.8. The zero-order chi connectivity index (χ0) is 21.4. The predicted octanol–water partition coefficient (Wildman–Crippen LogP) is 2.29. The Morgan fingerprint density at radius 1 is 1.10 bits per heavy atom. The molecular formula is C22H26N4O3S. The van der Waals surface area contributed by atoms with E-state index in [4.69, 9.17) is 0 Å². The van der Waals surface area contributed by atoms with Crippen molar-refractivity contribution in [1.29, 1.82) is 0 Å². The molecule has 30 heavy (non-hydrogen) atoms. The van der Waals surface area contributed by atoms with Crippen LogP contribution in [0.4, 0.5) is 0 Å². The van der Waals surface area contributed by atoms with E-state index < -0.39 is 16.1 Å². The monoisotopic (exact) mass is 426 g/mol. The number of sulfonamides is 1. The Labute approximate surface area is 177 Å². The van der Waals surface area contributed by atoms with Crippen LogP contribution in [-0.2, 0) is 27.8 Å². The molecule has 0 fully saturated rings. The van der Waals surface area contributed by atoms with Crippen molar-refractivity contribution >= 4 is 15.9 Å². The fraction of sp³-hybridized carbons (Fsp3) is 0.273. The first kappa shape index (κ1) is 21.7. The van der Waals surface area contributed by atoms with E-state index in [1.807, 2.05) is 48.0 Å². The molecule has 1 amide bonds. The fourth-order valence-corrected chi connectivity index (χ4v) is 4.22. The third-order valence-corrected chi connectivity index (χ3v) is 6.17. The number of hydrogen-bond acceptors (Lipinski definition) is 4. The van der Waals surface area contributed by atoms with Crippen molar-refractivity contribution in [2.75, 3.05) is 6.54 Å². The average Bonchev–Trinajstić information content (AvgIpc) is 3.25. The molecule has 3 aromatic rings. The number of nitrogens with zero attached hydrogens (tertiary/aromatic N) is 2. The van der Waals surface area contributed by atoms with Gasteiger partial charge in [0, 0.05) is 25.5 Å². The molecule has 1 atom stereocenters. The molecule has 3 rings (SSSR count). The predicted molar refractivity (Wildman–Crippen MR) is 115 cm³/mol. The van der Waals surface area contributed by atoms with Crippen molar-refractivity contribution < 1.29 is 13.2 Å². The highest BCUT2D eigenvalue weighted by atomic mass is 32.2. The second-order valence-electron chi connectivity index (χ2n) is 7.12. The van der Waals surface area contributed by atoms with E-state index in [2.05, 4.69) is 15.0 Å². The Kier molecular flexibility index (Phi) is 7.37. The van der Waals surface area contributed by atoms with Gasteiger partial charge in [0.15, 0.2) is 0 Å². The van der Waals surface area contributed by atoms with Crippen LogP contribution in [0.15, 0.2) is 78.2 Å². The van der Waals surface area contributed by atoms with Crippen LogP contribution in [0.1, 0.15) is 17.5 Å². The normalized spacial score (nSPS) is 12.4. The molecule has 158 valence electrons.